The van der Waals surface area contributed by atoms with Crippen molar-refractivity contribution < 1.29 is 76.5 Å². The molecule has 4 nitrogen and oxygen atoms in total. The van der Waals surface area contributed by atoms with Crippen molar-refractivity contribution in [2.24, 2.45) is 5.73 Å². The third kappa shape index (κ3) is 9.86. The molecule has 0 radical (unpaired) electrons. The van der Waals surface area contributed by atoms with Crippen molar-refractivity contribution >= 4 is 11.5 Å². The Labute approximate surface area is 261 Å². The maximum Gasteiger partial charge on any atom is 2.00 e. The van der Waals surface area contributed by atoms with Gasteiger partial charge in [-0.3, -0.25) is 4.79 Å². The number of rotatable bonds is 7. The second-order valence-electron chi connectivity index (χ2n) is 7.60. The molecule has 3 aromatic carbocycles. The van der Waals surface area contributed by atoms with E-state index in [0.717, 1.165) is 50.9 Å². The fraction of sp³-hybridized carbons (Fsp3) is 0.133. The first-order valence-corrected chi connectivity index (χ1v) is 11.0. The van der Waals surface area contributed by atoms with E-state index in [1.54, 1.807) is 30.7 Å². The average molecular weight is 926 g/mol. The number of carboxylic acid groups (broad SMARTS) is 1. The zero-order valence-corrected chi connectivity index (χ0v) is 28.5. The molecule has 36 heavy (non-hydrogen) atoms. The van der Waals surface area contributed by atoms with Gasteiger partial charge in [0.25, 0.3) is 0 Å². The summed E-state index contributed by atoms with van der Waals surface area (Å²) in [7, 11) is 0. The second kappa shape index (κ2) is 16.8. The molecule has 0 aliphatic carbocycles. The van der Waals surface area contributed by atoms with Gasteiger partial charge in [0, 0.05) is 19.2 Å². The van der Waals surface area contributed by atoms with Gasteiger partial charge in [-0.1, -0.05) is 49.2 Å². The predicted molar refractivity (Wildman–Crippen MR) is 134 cm³/mol. The Morgan fingerprint density at radius 2 is 1.92 bits per heavy atom. The van der Waals surface area contributed by atoms with Gasteiger partial charge in [-0.25, -0.2) is 17.2 Å². The largest absolute Gasteiger partial charge is 2.00 e. The summed E-state index contributed by atoms with van der Waals surface area (Å²) in [6.07, 6.45) is 7.68. The van der Waals surface area contributed by atoms with Crippen molar-refractivity contribution in [3.8, 4) is 11.1 Å². The first-order chi connectivity index (χ1) is 16.5. The number of hydrogen-bond acceptors (Lipinski definition) is 3. The van der Waals surface area contributed by atoms with Crippen LogP contribution >= 0.6 is 0 Å². The molecule has 0 saturated carbocycles. The fourth-order valence-electron chi connectivity index (χ4n) is 3.43. The van der Waals surface area contributed by atoms with E-state index in [-0.39, 0.29) is 68.6 Å². The Kier molecular flexibility index (Phi) is 14.9. The third-order valence-corrected chi connectivity index (χ3v) is 4.95. The smallest absolute Gasteiger partial charge is 0.487 e. The van der Waals surface area contributed by atoms with Gasteiger partial charge in [-0.05, 0) is 5.56 Å². The van der Waals surface area contributed by atoms with Crippen molar-refractivity contribution in [3.63, 3.8) is 0 Å². The quantitative estimate of drug-likeness (QED) is 0.219. The summed E-state index contributed by atoms with van der Waals surface area (Å²) in [6, 6.07) is 27.6. The summed E-state index contributed by atoms with van der Waals surface area (Å²) < 4.78 is 5.23. The molecule has 1 heterocycles. The maximum absolute atomic E-state index is 10.1. The molecule has 0 aliphatic rings. The van der Waals surface area contributed by atoms with Crippen LogP contribution in [0.25, 0.3) is 16.7 Å². The molecule has 4 aromatic rings. The van der Waals surface area contributed by atoms with Crippen LogP contribution in [0.3, 0.4) is 0 Å². The van der Waals surface area contributed by atoms with Gasteiger partial charge in [-0.2, -0.15) is 60.5 Å². The molecule has 0 bridgehead atoms. The van der Waals surface area contributed by atoms with Crippen LogP contribution in [0, 0.1) is 87.4 Å². The van der Waals surface area contributed by atoms with Crippen molar-refractivity contribution in [1.29, 1.82) is 0 Å². The third-order valence-electron chi connectivity index (χ3n) is 4.95. The minimum atomic E-state index is -0.817. The molecule has 1 aromatic heterocycles. The Balaban J connectivity index is 0.000000459. The van der Waals surface area contributed by atoms with Gasteiger partial charge in [0.2, 0.25) is 0 Å². The Morgan fingerprint density at radius 3 is 2.53 bits per heavy atom. The Morgan fingerprint density at radius 1 is 1.11 bits per heavy atom. The van der Waals surface area contributed by atoms with Crippen LogP contribution in [0.5, 0.6) is 0 Å². The number of carbonyl (C=O) groups is 1. The summed E-state index contributed by atoms with van der Waals surface area (Å²) in [4.78, 5) is 10.1. The van der Waals surface area contributed by atoms with Crippen LogP contribution < -0.4 is 5.73 Å². The summed E-state index contributed by atoms with van der Waals surface area (Å²) >= 11 is 0. The molecule has 0 fully saturated rings. The molecule has 178 valence electrons. The van der Waals surface area contributed by atoms with Crippen molar-refractivity contribution in [2.75, 3.05) is 0 Å². The van der Waals surface area contributed by atoms with Crippen molar-refractivity contribution in [3.05, 3.63) is 132 Å². The maximum atomic E-state index is 10.1. The standard InChI is InChI=1S/C22H20NO.C8H7O2.2U/c1-3-5-22(19-8-9-24-15-19)21-11-16(2)10-20(13-21)18-7-4-6-17(12-18)14-23;9-8(10)6-7-4-2-1-3-5-7;;/h4,6-12,15H,2-3,14,23H2,1H3;1-4H,6H2,(H,9,10);;/q-3;-1;2*+2. The van der Waals surface area contributed by atoms with E-state index >= 15 is 0 Å². The molecule has 0 amide bonds. The van der Waals surface area contributed by atoms with Crippen LogP contribution in [0.1, 0.15) is 41.2 Å². The number of furan rings is 1. The Bertz CT molecular complexity index is 1240. The van der Waals surface area contributed by atoms with Crippen LogP contribution in [-0.2, 0) is 17.8 Å². The SMILES string of the molecule is O=C(O)Cc1[c-]cccc1.[CH2-]c1cc(C(=[C-]CC)c2ccoc2)[c-]c(-c2cccc(CN)c2)c1.[U+2].[U+2]. The molecule has 0 spiro atoms. The fourth-order valence-corrected chi connectivity index (χ4v) is 3.43. The van der Waals surface area contributed by atoms with Crippen LogP contribution in [0.4, 0.5) is 0 Å². The first kappa shape index (κ1) is 32.1. The number of nitrogens with two attached hydrogens (primary N) is 1. The van der Waals surface area contributed by atoms with E-state index in [4.69, 9.17) is 15.3 Å². The molecular formula is C30H27NO3U2. The number of hydrogen-bond donors (Lipinski definition) is 2. The minimum absolute atomic E-state index is 0. The van der Waals surface area contributed by atoms with Gasteiger partial charge < -0.3 is 15.3 Å². The van der Waals surface area contributed by atoms with Gasteiger partial charge in [0.15, 0.2) is 0 Å². The van der Waals surface area contributed by atoms with Crippen LogP contribution in [0.15, 0.2) is 83.7 Å². The van der Waals surface area contributed by atoms with Gasteiger partial charge in [0.1, 0.15) is 0 Å². The van der Waals surface area contributed by atoms with E-state index in [1.165, 1.54) is 0 Å². The van der Waals surface area contributed by atoms with E-state index in [9.17, 15) is 4.79 Å². The number of benzene rings is 3. The first-order valence-electron chi connectivity index (χ1n) is 11.0. The van der Waals surface area contributed by atoms with Gasteiger partial charge in [0.05, 0.1) is 6.26 Å². The van der Waals surface area contributed by atoms with Crippen LogP contribution in [-0.4, -0.2) is 11.1 Å². The molecule has 0 saturated heterocycles. The summed E-state index contributed by atoms with van der Waals surface area (Å²) in [5.74, 6) is -0.817. The summed E-state index contributed by atoms with van der Waals surface area (Å²) in [6.45, 7) is 6.72. The van der Waals surface area contributed by atoms with Crippen molar-refractivity contribution in [2.45, 2.75) is 26.3 Å². The second-order valence-corrected chi connectivity index (χ2v) is 7.60. The summed E-state index contributed by atoms with van der Waals surface area (Å²) in [5, 5.41) is 8.35. The average Bonchev–Trinajstić information content (AvgIpc) is 3.37. The Hall–Kier alpha value is -1.92. The molecule has 0 atom stereocenters. The van der Waals surface area contributed by atoms with Gasteiger partial charge >= 0.3 is 68.2 Å². The molecular weight excluding hydrogens is 898 g/mol. The monoisotopic (exact) mass is 925 g/mol. The molecule has 0 unspecified atom stereocenters. The topological polar surface area (TPSA) is 76.5 Å². The number of aliphatic carboxylic acids is 1. The zero-order valence-electron chi connectivity index (χ0n) is 20.2. The van der Waals surface area contributed by atoms with E-state index in [1.807, 2.05) is 36.4 Å². The van der Waals surface area contributed by atoms with E-state index in [2.05, 4.69) is 44.2 Å². The van der Waals surface area contributed by atoms with Crippen molar-refractivity contribution in [1.82, 2.24) is 0 Å². The van der Waals surface area contributed by atoms with Gasteiger partial charge in [-0.15, -0.1) is 17.2 Å². The molecule has 6 heteroatoms. The molecule has 0 aliphatic heterocycles. The molecule has 4 rings (SSSR count). The minimum Gasteiger partial charge on any atom is -0.487 e. The summed E-state index contributed by atoms with van der Waals surface area (Å²) in [5.41, 5.74) is 13.6. The van der Waals surface area contributed by atoms with E-state index < -0.39 is 5.97 Å². The predicted octanol–water partition coefficient (Wildman–Crippen LogP) is 6.15. The zero-order chi connectivity index (χ0) is 24.3. The van der Waals surface area contributed by atoms with E-state index in [0.29, 0.717) is 6.54 Å². The normalized spacial score (nSPS) is 10.3. The number of carboxylic acids is 1. The number of allylic oxidation sites excluding steroid dienone is 1. The van der Waals surface area contributed by atoms with Crippen LogP contribution in [0.2, 0.25) is 0 Å². The molecule has 3 N–H and O–H groups in total.